The molecule has 36 heavy (non-hydrogen) atoms. The predicted molar refractivity (Wildman–Crippen MR) is 140 cm³/mol. The topological polar surface area (TPSA) is 87.7 Å². The van der Waals surface area contributed by atoms with Crippen molar-refractivity contribution in [3.8, 4) is 5.75 Å². The SMILES string of the molecule is CCc1ccc(NC(=O)COc2ccc(N3CC(C(=O)NCCc4ccccc4)CC3=O)cc2)cc1. The summed E-state index contributed by atoms with van der Waals surface area (Å²) in [7, 11) is 0. The Kier molecular flexibility index (Phi) is 8.34. The van der Waals surface area contributed by atoms with Crippen molar-refractivity contribution in [2.24, 2.45) is 5.92 Å². The molecule has 0 aromatic heterocycles. The molecular weight excluding hydrogens is 454 g/mol. The first-order valence-corrected chi connectivity index (χ1v) is 12.3. The zero-order valence-corrected chi connectivity index (χ0v) is 20.4. The Labute approximate surface area is 211 Å². The van der Waals surface area contributed by atoms with Gasteiger partial charge in [0.1, 0.15) is 5.75 Å². The number of amides is 3. The maximum absolute atomic E-state index is 12.6. The lowest BCUT2D eigenvalue weighted by atomic mass is 10.1. The van der Waals surface area contributed by atoms with Crippen LogP contribution in [0.5, 0.6) is 5.75 Å². The van der Waals surface area contributed by atoms with Crippen molar-refractivity contribution in [3.05, 3.63) is 90.0 Å². The van der Waals surface area contributed by atoms with E-state index in [0.717, 1.165) is 24.1 Å². The molecule has 186 valence electrons. The molecule has 1 saturated heterocycles. The molecule has 0 radical (unpaired) electrons. The van der Waals surface area contributed by atoms with Crippen LogP contribution in [0.25, 0.3) is 0 Å². The van der Waals surface area contributed by atoms with Crippen LogP contribution in [-0.2, 0) is 27.2 Å². The number of nitrogens with zero attached hydrogens (tertiary/aromatic N) is 1. The summed E-state index contributed by atoms with van der Waals surface area (Å²) in [6.07, 6.45) is 1.88. The minimum Gasteiger partial charge on any atom is -0.484 e. The number of aryl methyl sites for hydroxylation is 1. The predicted octanol–water partition coefficient (Wildman–Crippen LogP) is 3.98. The number of nitrogens with one attached hydrogen (secondary N) is 2. The van der Waals surface area contributed by atoms with Gasteiger partial charge in [-0.2, -0.15) is 0 Å². The Balaban J connectivity index is 1.23. The lowest BCUT2D eigenvalue weighted by Crippen LogP contribution is -2.34. The van der Waals surface area contributed by atoms with E-state index in [1.54, 1.807) is 29.2 Å². The fourth-order valence-corrected chi connectivity index (χ4v) is 4.14. The minimum absolute atomic E-state index is 0.0830. The first-order valence-electron chi connectivity index (χ1n) is 12.3. The highest BCUT2D eigenvalue weighted by Crippen LogP contribution is 2.27. The molecule has 7 heteroatoms. The quantitative estimate of drug-likeness (QED) is 0.455. The van der Waals surface area contributed by atoms with E-state index in [1.807, 2.05) is 54.6 Å². The van der Waals surface area contributed by atoms with Crippen molar-refractivity contribution in [2.75, 3.05) is 29.9 Å². The summed E-state index contributed by atoms with van der Waals surface area (Å²) in [6, 6.07) is 24.6. The summed E-state index contributed by atoms with van der Waals surface area (Å²) in [6.45, 7) is 2.84. The lowest BCUT2D eigenvalue weighted by molar-refractivity contribution is -0.126. The number of ether oxygens (including phenoxy) is 1. The highest BCUT2D eigenvalue weighted by atomic mass is 16.5. The first kappa shape index (κ1) is 25.0. The molecule has 0 aliphatic carbocycles. The van der Waals surface area contributed by atoms with Crippen molar-refractivity contribution in [3.63, 3.8) is 0 Å². The highest BCUT2D eigenvalue weighted by molar-refractivity contribution is 6.00. The summed E-state index contributed by atoms with van der Waals surface area (Å²) in [5, 5.41) is 5.76. The number of anilines is 2. The van der Waals surface area contributed by atoms with Gasteiger partial charge in [-0.25, -0.2) is 0 Å². The second-order valence-corrected chi connectivity index (χ2v) is 8.81. The number of hydrogen-bond donors (Lipinski definition) is 2. The van der Waals surface area contributed by atoms with E-state index in [4.69, 9.17) is 4.74 Å². The van der Waals surface area contributed by atoms with Crippen LogP contribution in [0.3, 0.4) is 0 Å². The maximum Gasteiger partial charge on any atom is 0.262 e. The van der Waals surface area contributed by atoms with Crippen LogP contribution in [0.4, 0.5) is 11.4 Å². The fraction of sp³-hybridized carbons (Fsp3) is 0.276. The van der Waals surface area contributed by atoms with Gasteiger partial charge in [-0.1, -0.05) is 49.4 Å². The third-order valence-corrected chi connectivity index (χ3v) is 6.22. The van der Waals surface area contributed by atoms with Crippen molar-refractivity contribution in [1.82, 2.24) is 5.32 Å². The van der Waals surface area contributed by atoms with Crippen molar-refractivity contribution >= 4 is 29.1 Å². The van der Waals surface area contributed by atoms with E-state index >= 15 is 0 Å². The second kappa shape index (κ2) is 12.0. The van der Waals surface area contributed by atoms with Gasteiger partial charge in [0.15, 0.2) is 6.61 Å². The normalized spacial score (nSPS) is 15.0. The summed E-state index contributed by atoms with van der Waals surface area (Å²) >= 11 is 0. The molecule has 3 amide bonds. The van der Waals surface area contributed by atoms with Crippen LogP contribution >= 0.6 is 0 Å². The summed E-state index contributed by atoms with van der Waals surface area (Å²) in [4.78, 5) is 38.9. The van der Waals surface area contributed by atoms with E-state index in [-0.39, 0.29) is 36.7 Å². The van der Waals surface area contributed by atoms with E-state index < -0.39 is 0 Å². The van der Waals surface area contributed by atoms with Gasteiger partial charge < -0.3 is 20.3 Å². The fourth-order valence-electron chi connectivity index (χ4n) is 4.14. The number of hydrogen-bond acceptors (Lipinski definition) is 4. The zero-order chi connectivity index (χ0) is 25.3. The molecule has 1 aliphatic rings. The summed E-state index contributed by atoms with van der Waals surface area (Å²) in [5.41, 5.74) is 3.79. The third-order valence-electron chi connectivity index (χ3n) is 6.22. The molecule has 2 N–H and O–H groups in total. The molecule has 1 aliphatic heterocycles. The Morgan fingerprint density at radius 3 is 2.36 bits per heavy atom. The zero-order valence-electron chi connectivity index (χ0n) is 20.4. The van der Waals surface area contributed by atoms with E-state index in [1.165, 1.54) is 5.56 Å². The average molecular weight is 486 g/mol. The molecule has 3 aromatic rings. The van der Waals surface area contributed by atoms with Crippen LogP contribution in [0.1, 0.15) is 24.5 Å². The smallest absolute Gasteiger partial charge is 0.262 e. The maximum atomic E-state index is 12.6. The van der Waals surface area contributed by atoms with E-state index in [2.05, 4.69) is 17.6 Å². The van der Waals surface area contributed by atoms with E-state index in [9.17, 15) is 14.4 Å². The summed E-state index contributed by atoms with van der Waals surface area (Å²) < 4.78 is 5.59. The van der Waals surface area contributed by atoms with Gasteiger partial charge in [0.25, 0.3) is 5.91 Å². The Morgan fingerprint density at radius 2 is 1.67 bits per heavy atom. The van der Waals surface area contributed by atoms with E-state index in [0.29, 0.717) is 24.5 Å². The van der Waals surface area contributed by atoms with Crippen LogP contribution < -0.4 is 20.3 Å². The van der Waals surface area contributed by atoms with Crippen LogP contribution in [0.15, 0.2) is 78.9 Å². The number of carbonyl (C=O) groups is 3. The Bertz CT molecular complexity index is 1180. The molecule has 0 spiro atoms. The van der Waals surface area contributed by atoms with Gasteiger partial charge in [-0.3, -0.25) is 14.4 Å². The molecule has 1 heterocycles. The van der Waals surface area contributed by atoms with Crippen LogP contribution in [0.2, 0.25) is 0 Å². The van der Waals surface area contributed by atoms with Crippen molar-refractivity contribution in [2.45, 2.75) is 26.2 Å². The molecule has 1 atom stereocenters. The Hall–Kier alpha value is -4.13. The molecule has 0 bridgehead atoms. The number of rotatable bonds is 10. The molecular formula is C29H31N3O4. The van der Waals surface area contributed by atoms with Crippen molar-refractivity contribution < 1.29 is 19.1 Å². The average Bonchev–Trinajstić information content (AvgIpc) is 3.30. The van der Waals surface area contributed by atoms with Crippen molar-refractivity contribution in [1.29, 1.82) is 0 Å². The van der Waals surface area contributed by atoms with Crippen LogP contribution in [-0.4, -0.2) is 37.4 Å². The van der Waals surface area contributed by atoms with Gasteiger partial charge >= 0.3 is 0 Å². The first-order chi connectivity index (χ1) is 17.5. The Morgan fingerprint density at radius 1 is 0.944 bits per heavy atom. The monoisotopic (exact) mass is 485 g/mol. The van der Waals surface area contributed by atoms with Crippen LogP contribution in [0, 0.1) is 5.92 Å². The minimum atomic E-state index is -0.376. The molecule has 1 unspecified atom stereocenters. The number of carbonyl (C=O) groups excluding carboxylic acids is 3. The molecule has 1 fully saturated rings. The molecule has 3 aromatic carbocycles. The lowest BCUT2D eigenvalue weighted by Gasteiger charge is -2.17. The molecule has 7 nitrogen and oxygen atoms in total. The summed E-state index contributed by atoms with van der Waals surface area (Å²) in [5.74, 6) is -0.284. The third kappa shape index (κ3) is 6.72. The highest BCUT2D eigenvalue weighted by Gasteiger charge is 2.34. The molecule has 4 rings (SSSR count). The second-order valence-electron chi connectivity index (χ2n) is 8.81. The molecule has 0 saturated carbocycles. The largest absolute Gasteiger partial charge is 0.484 e. The van der Waals surface area contributed by atoms with Gasteiger partial charge in [0, 0.05) is 30.9 Å². The van der Waals surface area contributed by atoms with Gasteiger partial charge in [-0.05, 0) is 60.4 Å². The van der Waals surface area contributed by atoms with Gasteiger partial charge in [0.05, 0.1) is 5.92 Å². The van der Waals surface area contributed by atoms with Gasteiger partial charge in [0.2, 0.25) is 11.8 Å². The number of benzene rings is 3. The van der Waals surface area contributed by atoms with Gasteiger partial charge in [-0.15, -0.1) is 0 Å². The standard InChI is InChI=1S/C29H31N3O4/c1-2-21-8-10-24(11-9-21)31-27(33)20-36-26-14-12-25(13-15-26)32-19-23(18-28(32)34)29(35)30-17-16-22-6-4-3-5-7-22/h3-15,23H,2,16-20H2,1H3,(H,30,35)(H,31,33).